The number of halogens is 1. The van der Waals surface area contributed by atoms with Crippen molar-refractivity contribution < 1.29 is 0 Å². The van der Waals surface area contributed by atoms with E-state index in [1.54, 1.807) is 0 Å². The number of nitrogens with one attached hydrogen (secondary N) is 1. The van der Waals surface area contributed by atoms with Crippen LogP contribution in [0.1, 0.15) is 16.7 Å². The summed E-state index contributed by atoms with van der Waals surface area (Å²) in [6.07, 6.45) is 0. The maximum atomic E-state index is 5.75. The van der Waals surface area contributed by atoms with E-state index in [2.05, 4.69) is 48.6 Å². The minimum atomic E-state index is 0.568. The monoisotopic (exact) mass is 245 g/mol. The Balaban J connectivity index is 1.97. The van der Waals surface area contributed by atoms with Gasteiger partial charge in [0, 0.05) is 18.1 Å². The highest BCUT2D eigenvalue weighted by atomic mass is 35.5. The molecular weight excluding hydrogens is 230 g/mol. The van der Waals surface area contributed by atoms with Gasteiger partial charge in [-0.05, 0) is 30.2 Å². The molecule has 2 heteroatoms. The van der Waals surface area contributed by atoms with Crippen molar-refractivity contribution in [1.82, 2.24) is 0 Å². The number of rotatable bonds is 4. The Morgan fingerprint density at radius 3 is 2.41 bits per heavy atom. The van der Waals surface area contributed by atoms with Gasteiger partial charge in [0.25, 0.3) is 0 Å². The number of anilines is 1. The van der Waals surface area contributed by atoms with Crippen LogP contribution in [0.25, 0.3) is 0 Å². The van der Waals surface area contributed by atoms with Gasteiger partial charge in [-0.3, -0.25) is 0 Å². The summed E-state index contributed by atoms with van der Waals surface area (Å²) in [5.74, 6) is 0.568. The fourth-order valence-electron chi connectivity index (χ4n) is 1.74. The third-order valence-corrected chi connectivity index (χ3v) is 3.00. The molecule has 0 fully saturated rings. The molecule has 0 aliphatic rings. The summed E-state index contributed by atoms with van der Waals surface area (Å²) in [5.41, 5.74) is 4.86. The molecule has 0 aliphatic carbocycles. The maximum absolute atomic E-state index is 5.75. The molecule has 0 aromatic heterocycles. The highest BCUT2D eigenvalue weighted by Gasteiger charge is 1.95. The summed E-state index contributed by atoms with van der Waals surface area (Å²) in [7, 11) is 0. The predicted molar refractivity (Wildman–Crippen MR) is 74.5 cm³/mol. The second kappa shape index (κ2) is 5.74. The van der Waals surface area contributed by atoms with E-state index in [1.807, 2.05) is 12.1 Å². The number of hydrogen-bond donors (Lipinski definition) is 1. The van der Waals surface area contributed by atoms with Gasteiger partial charge in [0.2, 0.25) is 0 Å². The molecule has 17 heavy (non-hydrogen) atoms. The number of benzene rings is 2. The lowest BCUT2D eigenvalue weighted by Gasteiger charge is -2.07. The molecule has 2 aromatic carbocycles. The van der Waals surface area contributed by atoms with Gasteiger partial charge in [0.15, 0.2) is 0 Å². The minimum absolute atomic E-state index is 0.568. The van der Waals surface area contributed by atoms with E-state index in [9.17, 15) is 0 Å². The van der Waals surface area contributed by atoms with Gasteiger partial charge in [0.05, 0.1) is 0 Å². The van der Waals surface area contributed by atoms with Crippen LogP contribution < -0.4 is 5.32 Å². The summed E-state index contributed by atoms with van der Waals surface area (Å²) in [6, 6.07) is 16.7. The van der Waals surface area contributed by atoms with E-state index < -0.39 is 0 Å². The Kier molecular flexibility index (Phi) is 4.05. The second-order valence-electron chi connectivity index (χ2n) is 4.17. The molecule has 1 nitrogen and oxygen atoms in total. The Labute approximate surface area is 107 Å². The third kappa shape index (κ3) is 3.50. The van der Waals surface area contributed by atoms with Crippen molar-refractivity contribution in [3.05, 3.63) is 65.2 Å². The molecule has 1 N–H and O–H groups in total. The van der Waals surface area contributed by atoms with Crippen molar-refractivity contribution in [2.75, 3.05) is 5.32 Å². The van der Waals surface area contributed by atoms with Crippen LogP contribution in [0.4, 0.5) is 5.69 Å². The zero-order chi connectivity index (χ0) is 12.1. The SMILES string of the molecule is Cc1cccc(CNc2ccc(CCl)cc2)c1. The van der Waals surface area contributed by atoms with Gasteiger partial charge in [-0.25, -0.2) is 0 Å². The van der Waals surface area contributed by atoms with Crippen LogP contribution in [-0.4, -0.2) is 0 Å². The summed E-state index contributed by atoms with van der Waals surface area (Å²) >= 11 is 5.75. The molecule has 0 atom stereocenters. The first-order valence-electron chi connectivity index (χ1n) is 5.72. The topological polar surface area (TPSA) is 12.0 Å². The van der Waals surface area contributed by atoms with Crippen molar-refractivity contribution in [3.63, 3.8) is 0 Å². The lowest BCUT2D eigenvalue weighted by Crippen LogP contribution is -1.99. The normalized spacial score (nSPS) is 10.2. The fraction of sp³-hybridized carbons (Fsp3) is 0.200. The zero-order valence-electron chi connectivity index (χ0n) is 9.91. The van der Waals surface area contributed by atoms with Gasteiger partial charge in [-0.1, -0.05) is 42.0 Å². The molecule has 0 unspecified atom stereocenters. The highest BCUT2D eigenvalue weighted by molar-refractivity contribution is 6.17. The van der Waals surface area contributed by atoms with E-state index in [1.165, 1.54) is 11.1 Å². The molecule has 0 saturated carbocycles. The van der Waals surface area contributed by atoms with Gasteiger partial charge >= 0.3 is 0 Å². The van der Waals surface area contributed by atoms with E-state index in [0.29, 0.717) is 5.88 Å². The number of alkyl halides is 1. The Morgan fingerprint density at radius 2 is 1.76 bits per heavy atom. The van der Waals surface area contributed by atoms with Crippen molar-refractivity contribution in [1.29, 1.82) is 0 Å². The lowest BCUT2D eigenvalue weighted by molar-refractivity contribution is 1.14. The molecule has 2 rings (SSSR count). The molecule has 0 bridgehead atoms. The van der Waals surface area contributed by atoms with Crippen molar-refractivity contribution in [2.24, 2.45) is 0 Å². The average Bonchev–Trinajstić information content (AvgIpc) is 2.37. The lowest BCUT2D eigenvalue weighted by atomic mass is 10.1. The van der Waals surface area contributed by atoms with E-state index in [0.717, 1.165) is 17.8 Å². The molecule has 88 valence electrons. The van der Waals surface area contributed by atoms with Crippen molar-refractivity contribution in [3.8, 4) is 0 Å². The third-order valence-electron chi connectivity index (χ3n) is 2.69. The smallest absolute Gasteiger partial charge is 0.0474 e. The van der Waals surface area contributed by atoms with Gasteiger partial charge < -0.3 is 5.32 Å². The Hall–Kier alpha value is -1.47. The zero-order valence-corrected chi connectivity index (χ0v) is 10.7. The largest absolute Gasteiger partial charge is 0.381 e. The standard InChI is InChI=1S/C15H16ClN/c1-12-3-2-4-14(9-12)11-17-15-7-5-13(10-16)6-8-15/h2-9,17H,10-11H2,1H3. The van der Waals surface area contributed by atoms with Crippen molar-refractivity contribution in [2.45, 2.75) is 19.3 Å². The van der Waals surface area contributed by atoms with Gasteiger partial charge in [-0.2, -0.15) is 0 Å². The molecular formula is C15H16ClN. The number of hydrogen-bond acceptors (Lipinski definition) is 1. The van der Waals surface area contributed by atoms with Crippen LogP contribution in [0.2, 0.25) is 0 Å². The Morgan fingerprint density at radius 1 is 1.00 bits per heavy atom. The number of aryl methyl sites for hydroxylation is 1. The molecule has 0 aliphatic heterocycles. The molecule has 0 amide bonds. The Bertz CT molecular complexity index is 477. The van der Waals surface area contributed by atoms with Gasteiger partial charge in [0.1, 0.15) is 0 Å². The van der Waals surface area contributed by atoms with Crippen LogP contribution >= 0.6 is 11.6 Å². The highest BCUT2D eigenvalue weighted by Crippen LogP contribution is 2.13. The predicted octanol–water partition coefficient (Wildman–Crippen LogP) is 4.35. The maximum Gasteiger partial charge on any atom is 0.0474 e. The summed E-state index contributed by atoms with van der Waals surface area (Å²) in [4.78, 5) is 0. The van der Waals surface area contributed by atoms with Crippen LogP contribution in [0, 0.1) is 6.92 Å². The van der Waals surface area contributed by atoms with E-state index >= 15 is 0 Å². The van der Waals surface area contributed by atoms with E-state index in [-0.39, 0.29) is 0 Å². The fourth-order valence-corrected chi connectivity index (χ4v) is 1.92. The first kappa shape index (κ1) is 12.0. The van der Waals surface area contributed by atoms with Crippen LogP contribution in [0.5, 0.6) is 0 Å². The van der Waals surface area contributed by atoms with Gasteiger partial charge in [-0.15, -0.1) is 11.6 Å². The second-order valence-corrected chi connectivity index (χ2v) is 4.44. The average molecular weight is 246 g/mol. The molecule has 0 radical (unpaired) electrons. The molecule has 0 heterocycles. The first-order valence-corrected chi connectivity index (χ1v) is 6.26. The summed E-state index contributed by atoms with van der Waals surface area (Å²) in [6.45, 7) is 2.96. The molecule has 2 aromatic rings. The van der Waals surface area contributed by atoms with Crippen LogP contribution in [0.15, 0.2) is 48.5 Å². The first-order chi connectivity index (χ1) is 8.28. The van der Waals surface area contributed by atoms with Crippen molar-refractivity contribution >= 4 is 17.3 Å². The minimum Gasteiger partial charge on any atom is -0.381 e. The quantitative estimate of drug-likeness (QED) is 0.790. The van der Waals surface area contributed by atoms with E-state index in [4.69, 9.17) is 11.6 Å². The molecule has 0 saturated heterocycles. The summed E-state index contributed by atoms with van der Waals surface area (Å²) < 4.78 is 0. The summed E-state index contributed by atoms with van der Waals surface area (Å²) in [5, 5.41) is 3.40. The van der Waals surface area contributed by atoms with Crippen LogP contribution in [0.3, 0.4) is 0 Å². The molecule has 0 spiro atoms. The van der Waals surface area contributed by atoms with Crippen LogP contribution in [-0.2, 0) is 12.4 Å².